The number of anilines is 1. The van der Waals surface area contributed by atoms with Gasteiger partial charge in [-0.1, -0.05) is 11.6 Å². The van der Waals surface area contributed by atoms with Crippen LogP contribution in [0.15, 0.2) is 18.2 Å². The molecule has 1 aromatic rings. The summed E-state index contributed by atoms with van der Waals surface area (Å²) in [6.07, 6.45) is 0. The number of hydrogen-bond donors (Lipinski definition) is 2. The maximum Gasteiger partial charge on any atom is 0.253 e. The molecule has 0 saturated carbocycles. The third-order valence-corrected chi connectivity index (χ3v) is 3.00. The fraction of sp³-hybridized carbons (Fsp3) is 0.562. The summed E-state index contributed by atoms with van der Waals surface area (Å²) in [5.41, 5.74) is 2.63. The molecule has 21 heavy (non-hydrogen) atoms. The Morgan fingerprint density at radius 3 is 2.71 bits per heavy atom. The lowest BCUT2D eigenvalue weighted by molar-refractivity contribution is 0.0901. The molecule has 2 N–H and O–H groups in total. The Bertz CT molecular complexity index is 447. The Labute approximate surface area is 127 Å². The molecular formula is C16H27N3O2. The minimum atomic E-state index is -0.0640. The standard InChI is InChI=1S/C16H27N3O2/c1-5-17-15-7-6-13(2)12-14(15)16(20)18-8-10-21-11-9-19(3)4/h6-7,12,17H,5,8-11H2,1-4H3,(H,18,20). The van der Waals surface area contributed by atoms with E-state index in [0.717, 1.165) is 24.3 Å². The predicted octanol–water partition coefficient (Wildman–Crippen LogP) is 1.73. The van der Waals surface area contributed by atoms with Crippen LogP contribution in [0.1, 0.15) is 22.8 Å². The van der Waals surface area contributed by atoms with E-state index in [1.165, 1.54) is 0 Å². The molecule has 0 aliphatic carbocycles. The minimum absolute atomic E-state index is 0.0640. The first kappa shape index (κ1) is 17.5. The number of rotatable bonds is 9. The maximum atomic E-state index is 12.2. The summed E-state index contributed by atoms with van der Waals surface area (Å²) in [5.74, 6) is -0.0640. The average Bonchev–Trinajstić information content (AvgIpc) is 2.44. The van der Waals surface area contributed by atoms with Gasteiger partial charge in [-0.3, -0.25) is 4.79 Å². The molecule has 0 heterocycles. The zero-order chi connectivity index (χ0) is 15.7. The largest absolute Gasteiger partial charge is 0.385 e. The van der Waals surface area contributed by atoms with Crippen LogP contribution in [0.2, 0.25) is 0 Å². The number of likely N-dealkylation sites (N-methyl/N-ethyl adjacent to an activating group) is 1. The highest BCUT2D eigenvalue weighted by atomic mass is 16.5. The number of nitrogens with zero attached hydrogens (tertiary/aromatic N) is 1. The maximum absolute atomic E-state index is 12.2. The van der Waals surface area contributed by atoms with E-state index >= 15 is 0 Å². The van der Waals surface area contributed by atoms with Gasteiger partial charge in [0.1, 0.15) is 0 Å². The van der Waals surface area contributed by atoms with Gasteiger partial charge in [0.25, 0.3) is 5.91 Å². The van der Waals surface area contributed by atoms with E-state index in [2.05, 4.69) is 15.5 Å². The first-order valence-corrected chi connectivity index (χ1v) is 7.39. The molecule has 0 unspecified atom stereocenters. The highest BCUT2D eigenvalue weighted by Crippen LogP contribution is 2.17. The van der Waals surface area contributed by atoms with Crippen molar-refractivity contribution in [2.45, 2.75) is 13.8 Å². The molecule has 118 valence electrons. The van der Waals surface area contributed by atoms with E-state index < -0.39 is 0 Å². The summed E-state index contributed by atoms with van der Waals surface area (Å²) in [6.45, 7) is 7.40. The normalized spacial score (nSPS) is 10.7. The zero-order valence-corrected chi connectivity index (χ0v) is 13.5. The van der Waals surface area contributed by atoms with Gasteiger partial charge < -0.3 is 20.3 Å². The van der Waals surface area contributed by atoms with Crippen LogP contribution in [-0.4, -0.2) is 57.8 Å². The van der Waals surface area contributed by atoms with Crippen LogP contribution in [0.4, 0.5) is 5.69 Å². The van der Waals surface area contributed by atoms with Crippen LogP contribution < -0.4 is 10.6 Å². The van der Waals surface area contributed by atoms with Gasteiger partial charge in [0.05, 0.1) is 18.8 Å². The fourth-order valence-electron chi connectivity index (χ4n) is 1.87. The third kappa shape index (κ3) is 6.60. The molecule has 0 fully saturated rings. The zero-order valence-electron chi connectivity index (χ0n) is 13.5. The number of amides is 1. The van der Waals surface area contributed by atoms with Gasteiger partial charge in [-0.05, 0) is 40.1 Å². The molecule has 0 atom stereocenters. The molecule has 0 saturated heterocycles. The summed E-state index contributed by atoms with van der Waals surface area (Å²) in [5, 5.41) is 6.11. The van der Waals surface area contributed by atoms with Crippen molar-refractivity contribution in [2.24, 2.45) is 0 Å². The molecule has 1 aromatic carbocycles. The van der Waals surface area contributed by atoms with Crippen molar-refractivity contribution in [3.8, 4) is 0 Å². The van der Waals surface area contributed by atoms with Gasteiger partial charge in [0.2, 0.25) is 0 Å². The number of nitrogens with one attached hydrogen (secondary N) is 2. The molecule has 0 radical (unpaired) electrons. The van der Waals surface area contributed by atoms with Crippen molar-refractivity contribution in [3.63, 3.8) is 0 Å². The Morgan fingerprint density at radius 1 is 1.29 bits per heavy atom. The summed E-state index contributed by atoms with van der Waals surface area (Å²) in [7, 11) is 4.01. The molecule has 0 spiro atoms. The van der Waals surface area contributed by atoms with Crippen LogP contribution in [-0.2, 0) is 4.74 Å². The number of carbonyl (C=O) groups is 1. The molecule has 1 rings (SSSR count). The quantitative estimate of drug-likeness (QED) is 0.681. The Hall–Kier alpha value is -1.59. The van der Waals surface area contributed by atoms with Crippen molar-refractivity contribution in [1.82, 2.24) is 10.2 Å². The van der Waals surface area contributed by atoms with Crippen molar-refractivity contribution in [2.75, 3.05) is 52.3 Å². The van der Waals surface area contributed by atoms with E-state index in [-0.39, 0.29) is 5.91 Å². The van der Waals surface area contributed by atoms with E-state index in [9.17, 15) is 4.79 Å². The third-order valence-electron chi connectivity index (χ3n) is 3.00. The predicted molar refractivity (Wildman–Crippen MR) is 87.0 cm³/mol. The highest BCUT2D eigenvalue weighted by molar-refractivity contribution is 5.99. The summed E-state index contributed by atoms with van der Waals surface area (Å²) >= 11 is 0. The summed E-state index contributed by atoms with van der Waals surface area (Å²) in [6, 6.07) is 5.85. The van der Waals surface area contributed by atoms with Crippen LogP contribution in [0.5, 0.6) is 0 Å². The first-order chi connectivity index (χ1) is 10.0. The molecular weight excluding hydrogens is 266 g/mol. The Kier molecular flexibility index (Phi) is 7.79. The van der Waals surface area contributed by atoms with Crippen LogP contribution in [0.25, 0.3) is 0 Å². The second kappa shape index (κ2) is 9.37. The van der Waals surface area contributed by atoms with Crippen LogP contribution >= 0.6 is 0 Å². The second-order valence-corrected chi connectivity index (χ2v) is 5.25. The summed E-state index contributed by atoms with van der Waals surface area (Å²) in [4.78, 5) is 14.3. The van der Waals surface area contributed by atoms with Crippen molar-refractivity contribution in [3.05, 3.63) is 29.3 Å². The topological polar surface area (TPSA) is 53.6 Å². The smallest absolute Gasteiger partial charge is 0.253 e. The minimum Gasteiger partial charge on any atom is -0.385 e. The number of carbonyl (C=O) groups excluding carboxylic acids is 1. The molecule has 0 aliphatic heterocycles. The fourth-order valence-corrected chi connectivity index (χ4v) is 1.87. The second-order valence-electron chi connectivity index (χ2n) is 5.25. The monoisotopic (exact) mass is 293 g/mol. The first-order valence-electron chi connectivity index (χ1n) is 7.39. The molecule has 0 bridgehead atoms. The molecule has 5 heteroatoms. The van der Waals surface area contributed by atoms with Crippen molar-refractivity contribution >= 4 is 11.6 Å². The number of benzene rings is 1. The lowest BCUT2D eigenvalue weighted by Crippen LogP contribution is -2.29. The van der Waals surface area contributed by atoms with E-state index in [4.69, 9.17) is 4.74 Å². The highest BCUT2D eigenvalue weighted by Gasteiger charge is 2.10. The lowest BCUT2D eigenvalue weighted by atomic mass is 10.1. The van der Waals surface area contributed by atoms with E-state index in [1.54, 1.807) is 0 Å². The van der Waals surface area contributed by atoms with Gasteiger partial charge in [-0.2, -0.15) is 0 Å². The Morgan fingerprint density at radius 2 is 2.05 bits per heavy atom. The van der Waals surface area contributed by atoms with Crippen molar-refractivity contribution in [1.29, 1.82) is 0 Å². The Balaban J connectivity index is 2.42. The lowest BCUT2D eigenvalue weighted by Gasteiger charge is -2.13. The number of ether oxygens (including phenoxy) is 1. The SMILES string of the molecule is CCNc1ccc(C)cc1C(=O)NCCOCCN(C)C. The van der Waals surface area contributed by atoms with Crippen LogP contribution in [0.3, 0.4) is 0 Å². The van der Waals surface area contributed by atoms with Gasteiger partial charge in [0, 0.05) is 25.3 Å². The van der Waals surface area contributed by atoms with Crippen molar-refractivity contribution < 1.29 is 9.53 Å². The van der Waals surface area contributed by atoms with E-state index in [1.807, 2.05) is 46.1 Å². The molecule has 0 aliphatic rings. The van der Waals surface area contributed by atoms with Gasteiger partial charge in [-0.15, -0.1) is 0 Å². The van der Waals surface area contributed by atoms with Gasteiger partial charge >= 0.3 is 0 Å². The van der Waals surface area contributed by atoms with Crippen LogP contribution in [0, 0.1) is 6.92 Å². The van der Waals surface area contributed by atoms with E-state index in [0.29, 0.717) is 25.3 Å². The van der Waals surface area contributed by atoms with Gasteiger partial charge in [0.15, 0.2) is 0 Å². The molecule has 1 amide bonds. The molecule has 0 aromatic heterocycles. The van der Waals surface area contributed by atoms with Gasteiger partial charge in [-0.25, -0.2) is 0 Å². The number of aryl methyl sites for hydroxylation is 1. The summed E-state index contributed by atoms with van der Waals surface area (Å²) < 4.78 is 5.46. The molecule has 5 nitrogen and oxygen atoms in total. The average molecular weight is 293 g/mol. The number of hydrogen-bond acceptors (Lipinski definition) is 4.